The van der Waals surface area contributed by atoms with Gasteiger partial charge in [0, 0.05) is 0 Å². The summed E-state index contributed by atoms with van der Waals surface area (Å²) in [5.74, 6) is -1.69. The monoisotopic (exact) mass is 376 g/mol. The molecular weight excluding hydrogens is 347 g/mol. The van der Waals surface area contributed by atoms with E-state index in [0.717, 1.165) is 15.0 Å². The van der Waals surface area contributed by atoms with Gasteiger partial charge >= 0.3 is 108 Å². The van der Waals surface area contributed by atoms with Crippen molar-refractivity contribution in [3.05, 3.63) is 0 Å². The van der Waals surface area contributed by atoms with Gasteiger partial charge in [0.15, 0.2) is 5.25 Å². The fraction of sp³-hybridized carbons (Fsp3) is 0.867. The third-order valence-corrected chi connectivity index (χ3v) is 5.71. The van der Waals surface area contributed by atoms with E-state index < -0.39 is 33.7 Å². The molecule has 0 amide bonds. The molecule has 1 unspecified atom stereocenters. The zero-order chi connectivity index (χ0) is 19.5. The summed E-state index contributed by atoms with van der Waals surface area (Å²) in [6, 6.07) is 0. The predicted octanol–water partition coefficient (Wildman–Crippen LogP) is 2.62. The molecule has 0 saturated heterocycles. The van der Waals surface area contributed by atoms with Crippen LogP contribution in [0.5, 0.6) is 0 Å². The molecule has 138 valence electrons. The van der Waals surface area contributed by atoms with Crippen molar-refractivity contribution in [3.63, 3.8) is 0 Å². The average molecular weight is 376 g/mol. The van der Waals surface area contributed by atoms with Crippen molar-refractivity contribution in [1.29, 1.82) is 0 Å². The Labute approximate surface area is 162 Å². The Bertz CT molecular complexity index is 462. The summed E-state index contributed by atoms with van der Waals surface area (Å²) in [4.78, 5) is 20.0. The summed E-state index contributed by atoms with van der Waals surface area (Å²) in [6.45, 7) is 9.32. The first-order valence-electron chi connectivity index (χ1n) is 8.18. The Morgan fingerprint density at radius 2 is 1.29 bits per heavy atom. The van der Waals surface area contributed by atoms with Crippen LogP contribution < -0.4 is 0 Å². The molecule has 0 aromatic heterocycles. The first kappa shape index (κ1) is 26.1. The molecule has 0 aromatic rings. The molecule has 0 fully saturated rings. The third-order valence-electron chi connectivity index (χ3n) is 3.47. The van der Waals surface area contributed by atoms with Crippen LogP contribution in [0.2, 0.25) is 3.17 Å². The van der Waals surface area contributed by atoms with Gasteiger partial charge in [0.25, 0.3) is 10.1 Å². The molecule has 0 saturated carbocycles. The molecule has 0 heterocycles. The number of carboxylic acids is 2. The number of rotatable bonds is 10. The Balaban J connectivity index is 0. The Morgan fingerprint density at radius 1 is 0.917 bits per heavy atom. The third kappa shape index (κ3) is 16.7. The van der Waals surface area contributed by atoms with Crippen molar-refractivity contribution in [1.82, 2.24) is 0 Å². The summed E-state index contributed by atoms with van der Waals surface area (Å²) in [7, 11) is -4.84. The molecule has 9 heteroatoms. The molecule has 0 rings (SSSR count). The van der Waals surface area contributed by atoms with E-state index in [1.807, 2.05) is 0 Å². The molecule has 0 aliphatic carbocycles. The normalized spacial score (nSPS) is 12.9. The topological polar surface area (TPSA) is 129 Å². The van der Waals surface area contributed by atoms with Gasteiger partial charge in [-0.3, -0.25) is 14.1 Å². The Morgan fingerprint density at radius 3 is 1.46 bits per heavy atom. The van der Waals surface area contributed by atoms with E-state index in [1.54, 1.807) is 0 Å². The standard InChI is InChI=1S/C11H23.C4H6O7S.Na/c1-10(2)8-6-5-7-9-11(3)4;5-3(6)1-2(4(7)8)12(9,10)11;/h5,10-11H,6-9H2,1-4H3;2H,1H2,(H,5,6)(H,7,8)(H,9,10,11);. The second-order valence-corrected chi connectivity index (χ2v) is 10.2. The van der Waals surface area contributed by atoms with Crippen molar-refractivity contribution in [2.75, 3.05) is 0 Å². The second-order valence-electron chi connectivity index (χ2n) is 6.99. The zero-order valence-corrected chi connectivity index (χ0v) is 18.0. The number of hydrogen-bond donors (Lipinski definition) is 3. The van der Waals surface area contributed by atoms with Gasteiger partial charge in [-0.2, -0.15) is 8.42 Å². The van der Waals surface area contributed by atoms with E-state index in [0.29, 0.717) is 0 Å². The Hall–Kier alpha value is -0.150. The van der Waals surface area contributed by atoms with E-state index in [1.165, 1.54) is 53.6 Å². The summed E-state index contributed by atoms with van der Waals surface area (Å²) in [5.41, 5.74) is 0. The molecule has 0 aliphatic rings. The van der Waals surface area contributed by atoms with Crippen LogP contribution in [0.25, 0.3) is 0 Å². The van der Waals surface area contributed by atoms with Crippen molar-refractivity contribution < 1.29 is 32.8 Å². The summed E-state index contributed by atoms with van der Waals surface area (Å²) in [5, 5.41) is 13.9. The molecular formula is C15H29NaO7S. The van der Waals surface area contributed by atoms with Crippen molar-refractivity contribution >= 4 is 50.0 Å². The SMILES string of the molecule is CC(C)CC[CH]([Na])CCC(C)C.O=C(O)CC(C(=O)O)S(=O)(=O)O. The quantitative estimate of drug-likeness (QED) is 0.395. The minimum Gasteiger partial charge on any atom is -0.481 e. The predicted molar refractivity (Wildman–Crippen MR) is 92.9 cm³/mol. The fourth-order valence-corrected chi connectivity index (χ4v) is 3.13. The molecule has 0 bridgehead atoms. The van der Waals surface area contributed by atoms with Crippen LogP contribution in [0.4, 0.5) is 0 Å². The first-order valence-corrected chi connectivity index (χ1v) is 10.8. The van der Waals surface area contributed by atoms with Crippen LogP contribution in [-0.4, -0.2) is 68.3 Å². The molecule has 24 heavy (non-hydrogen) atoms. The van der Waals surface area contributed by atoms with E-state index >= 15 is 0 Å². The van der Waals surface area contributed by atoms with Gasteiger partial charge in [-0.25, -0.2) is 0 Å². The molecule has 0 aliphatic heterocycles. The molecule has 7 nitrogen and oxygen atoms in total. The van der Waals surface area contributed by atoms with Crippen LogP contribution in [0, 0.1) is 11.8 Å². The summed E-state index contributed by atoms with van der Waals surface area (Å²) in [6.07, 6.45) is 4.68. The maximum atomic E-state index is 10.2. The molecule has 0 spiro atoms. The maximum Gasteiger partial charge on any atom is 0.325 e. The molecule has 0 aromatic carbocycles. The van der Waals surface area contributed by atoms with Gasteiger partial charge in [-0.1, -0.05) is 0 Å². The minimum absolute atomic E-state index is 0.903. The van der Waals surface area contributed by atoms with Gasteiger partial charge in [0.05, 0.1) is 6.42 Å². The number of hydrogen-bond acceptors (Lipinski definition) is 4. The van der Waals surface area contributed by atoms with E-state index in [9.17, 15) is 18.0 Å². The van der Waals surface area contributed by atoms with Crippen molar-refractivity contribution in [2.45, 2.75) is 68.2 Å². The van der Waals surface area contributed by atoms with E-state index in [4.69, 9.17) is 14.8 Å². The van der Waals surface area contributed by atoms with Crippen LogP contribution in [0.15, 0.2) is 0 Å². The van der Waals surface area contributed by atoms with Crippen molar-refractivity contribution in [2.24, 2.45) is 11.8 Å². The van der Waals surface area contributed by atoms with Gasteiger partial charge in [-0.05, 0) is 0 Å². The van der Waals surface area contributed by atoms with Gasteiger partial charge in [-0.15, -0.1) is 0 Å². The molecule has 0 radical (unpaired) electrons. The van der Waals surface area contributed by atoms with Gasteiger partial charge in [0.1, 0.15) is 0 Å². The van der Waals surface area contributed by atoms with E-state index in [2.05, 4.69) is 27.7 Å². The van der Waals surface area contributed by atoms with Crippen LogP contribution in [0.3, 0.4) is 0 Å². The summed E-state index contributed by atoms with van der Waals surface area (Å²) >= 11 is 1.40. The van der Waals surface area contributed by atoms with Crippen molar-refractivity contribution in [3.8, 4) is 0 Å². The maximum absolute atomic E-state index is 10.2. The largest absolute Gasteiger partial charge is 0.481 e. The number of carboxylic acid groups (broad SMARTS) is 2. The van der Waals surface area contributed by atoms with Crippen LogP contribution in [0.1, 0.15) is 59.8 Å². The Kier molecular flexibility index (Phi) is 14.2. The first-order chi connectivity index (χ1) is 10.8. The van der Waals surface area contributed by atoms with Crippen LogP contribution in [-0.2, 0) is 19.7 Å². The second kappa shape index (κ2) is 13.1. The fourth-order valence-electron chi connectivity index (χ4n) is 1.86. The van der Waals surface area contributed by atoms with Crippen LogP contribution >= 0.6 is 0 Å². The zero-order valence-electron chi connectivity index (χ0n) is 15.2. The number of carbonyl (C=O) groups is 2. The summed E-state index contributed by atoms with van der Waals surface area (Å²) < 4.78 is 29.7. The molecule has 3 N–H and O–H groups in total. The van der Waals surface area contributed by atoms with Gasteiger partial charge < -0.3 is 10.2 Å². The van der Waals surface area contributed by atoms with E-state index in [-0.39, 0.29) is 0 Å². The minimum atomic E-state index is -4.84. The smallest absolute Gasteiger partial charge is 0.325 e. The average Bonchev–Trinajstić information content (AvgIpc) is 2.39. The molecule has 1 atom stereocenters. The van der Waals surface area contributed by atoms with Gasteiger partial charge in [0.2, 0.25) is 0 Å². The number of aliphatic carboxylic acids is 2.